The van der Waals surface area contributed by atoms with Crippen LogP contribution in [0.15, 0.2) is 47.6 Å². The first-order chi connectivity index (χ1) is 11.5. The third-order valence-corrected chi connectivity index (χ3v) is 3.05. The van der Waals surface area contributed by atoms with Crippen molar-refractivity contribution in [3.63, 3.8) is 0 Å². The minimum absolute atomic E-state index is 0.121. The molecule has 24 heavy (non-hydrogen) atoms. The van der Waals surface area contributed by atoms with E-state index in [4.69, 9.17) is 4.84 Å². The van der Waals surface area contributed by atoms with Crippen LogP contribution in [0.5, 0.6) is 0 Å². The molecule has 0 atom stereocenters. The lowest BCUT2D eigenvalue weighted by Crippen LogP contribution is -2.17. The third kappa shape index (κ3) is 4.60. The summed E-state index contributed by atoms with van der Waals surface area (Å²) in [6.45, 7) is 1.20. The van der Waals surface area contributed by atoms with Gasteiger partial charge in [-0.1, -0.05) is 23.4 Å². The van der Waals surface area contributed by atoms with Gasteiger partial charge in [-0.25, -0.2) is 4.39 Å². The first kappa shape index (κ1) is 17.1. The van der Waals surface area contributed by atoms with Crippen LogP contribution in [0.4, 0.5) is 15.8 Å². The van der Waals surface area contributed by atoms with Gasteiger partial charge in [-0.05, 0) is 30.7 Å². The molecule has 0 spiro atoms. The van der Waals surface area contributed by atoms with Crippen molar-refractivity contribution in [2.75, 3.05) is 11.9 Å². The Balaban J connectivity index is 1.88. The van der Waals surface area contributed by atoms with E-state index < -0.39 is 23.3 Å². The fraction of sp³-hybridized carbons (Fsp3) is 0.125. The average molecular weight is 331 g/mol. The van der Waals surface area contributed by atoms with E-state index in [-0.39, 0.29) is 11.3 Å². The van der Waals surface area contributed by atoms with Crippen molar-refractivity contribution in [2.45, 2.75) is 6.92 Å². The van der Waals surface area contributed by atoms with Crippen LogP contribution in [0.1, 0.15) is 11.1 Å². The normalized spacial score (nSPS) is 10.6. The van der Waals surface area contributed by atoms with Crippen LogP contribution in [0.2, 0.25) is 0 Å². The van der Waals surface area contributed by atoms with E-state index in [0.717, 1.165) is 6.21 Å². The van der Waals surface area contributed by atoms with Crippen molar-refractivity contribution in [1.29, 1.82) is 0 Å². The number of para-hydroxylation sites is 1. The number of hydrogen-bond donors (Lipinski definition) is 1. The number of benzene rings is 2. The molecule has 7 nitrogen and oxygen atoms in total. The number of aryl methyl sites for hydroxylation is 1. The molecule has 1 N–H and O–H groups in total. The highest BCUT2D eigenvalue weighted by molar-refractivity contribution is 5.91. The molecule has 8 heteroatoms. The summed E-state index contributed by atoms with van der Waals surface area (Å²) in [6, 6.07) is 10.3. The minimum Gasteiger partial charge on any atom is -0.386 e. The van der Waals surface area contributed by atoms with Gasteiger partial charge in [0, 0.05) is 11.8 Å². The fourth-order valence-corrected chi connectivity index (χ4v) is 1.82. The predicted molar refractivity (Wildman–Crippen MR) is 86.4 cm³/mol. The Morgan fingerprint density at radius 1 is 1.38 bits per heavy atom. The molecule has 0 saturated heterocycles. The molecule has 0 aromatic heterocycles. The summed E-state index contributed by atoms with van der Waals surface area (Å²) in [4.78, 5) is 26.7. The SMILES string of the molecule is Cc1ccc(NC(=O)CO/N=C/c2ccccc2[N+](=O)[O-])cc1F. The van der Waals surface area contributed by atoms with E-state index in [1.807, 2.05) is 0 Å². The van der Waals surface area contributed by atoms with Crippen molar-refractivity contribution >= 4 is 23.5 Å². The van der Waals surface area contributed by atoms with Crippen molar-refractivity contribution in [1.82, 2.24) is 0 Å². The highest BCUT2D eigenvalue weighted by Gasteiger charge is 2.10. The Hall–Kier alpha value is -3.29. The van der Waals surface area contributed by atoms with Crippen LogP contribution in [0, 0.1) is 22.9 Å². The lowest BCUT2D eigenvalue weighted by molar-refractivity contribution is -0.385. The van der Waals surface area contributed by atoms with Gasteiger partial charge in [0.15, 0.2) is 6.61 Å². The highest BCUT2D eigenvalue weighted by Crippen LogP contribution is 2.15. The minimum atomic E-state index is -0.542. The Bertz CT molecular complexity index is 793. The number of halogens is 1. The second-order valence-corrected chi connectivity index (χ2v) is 4.84. The molecule has 0 bridgehead atoms. The van der Waals surface area contributed by atoms with Gasteiger partial charge in [0.2, 0.25) is 0 Å². The van der Waals surface area contributed by atoms with Gasteiger partial charge in [-0.2, -0.15) is 0 Å². The van der Waals surface area contributed by atoms with Crippen molar-refractivity contribution < 1.29 is 18.9 Å². The molecule has 0 fully saturated rings. The molecule has 0 saturated carbocycles. The van der Waals surface area contributed by atoms with Gasteiger partial charge in [0.25, 0.3) is 11.6 Å². The molecule has 0 heterocycles. The van der Waals surface area contributed by atoms with Crippen LogP contribution >= 0.6 is 0 Å². The Morgan fingerprint density at radius 2 is 2.12 bits per heavy atom. The number of rotatable bonds is 6. The van der Waals surface area contributed by atoms with Crippen LogP contribution in [-0.2, 0) is 9.63 Å². The number of nitro benzene ring substituents is 1. The summed E-state index contributed by atoms with van der Waals surface area (Å²) >= 11 is 0. The smallest absolute Gasteiger partial charge is 0.278 e. The summed E-state index contributed by atoms with van der Waals surface area (Å²) in [5.74, 6) is -0.957. The second-order valence-electron chi connectivity index (χ2n) is 4.84. The van der Waals surface area contributed by atoms with Crippen LogP contribution in [0.3, 0.4) is 0 Å². The summed E-state index contributed by atoms with van der Waals surface area (Å²) in [5, 5.41) is 16.8. The molecule has 2 rings (SSSR count). The fourth-order valence-electron chi connectivity index (χ4n) is 1.82. The molecule has 0 aliphatic carbocycles. The summed E-state index contributed by atoms with van der Waals surface area (Å²) in [5.41, 5.74) is 0.903. The van der Waals surface area contributed by atoms with E-state index in [2.05, 4.69) is 10.5 Å². The maximum Gasteiger partial charge on any atom is 0.278 e. The van der Waals surface area contributed by atoms with Gasteiger partial charge in [-0.15, -0.1) is 0 Å². The van der Waals surface area contributed by atoms with E-state index in [9.17, 15) is 19.3 Å². The molecule has 2 aromatic rings. The number of nitrogens with zero attached hydrogens (tertiary/aromatic N) is 2. The zero-order chi connectivity index (χ0) is 17.5. The quantitative estimate of drug-likeness (QED) is 0.500. The largest absolute Gasteiger partial charge is 0.386 e. The number of nitrogens with one attached hydrogen (secondary N) is 1. The predicted octanol–water partition coefficient (Wildman–Crippen LogP) is 3.03. The van der Waals surface area contributed by atoms with E-state index in [0.29, 0.717) is 11.3 Å². The molecule has 1 amide bonds. The average Bonchev–Trinajstić information content (AvgIpc) is 2.55. The van der Waals surface area contributed by atoms with E-state index in [1.54, 1.807) is 25.1 Å². The molecule has 2 aromatic carbocycles. The first-order valence-electron chi connectivity index (χ1n) is 6.92. The Labute approximate surface area is 136 Å². The lowest BCUT2D eigenvalue weighted by Gasteiger charge is -2.05. The number of nitro groups is 1. The zero-order valence-corrected chi connectivity index (χ0v) is 12.7. The number of amides is 1. The number of carbonyl (C=O) groups is 1. The van der Waals surface area contributed by atoms with Crippen LogP contribution in [-0.4, -0.2) is 23.7 Å². The monoisotopic (exact) mass is 331 g/mol. The number of hydrogen-bond acceptors (Lipinski definition) is 5. The molecule has 0 aliphatic rings. The van der Waals surface area contributed by atoms with Gasteiger partial charge in [-0.3, -0.25) is 14.9 Å². The van der Waals surface area contributed by atoms with Gasteiger partial charge >= 0.3 is 0 Å². The lowest BCUT2D eigenvalue weighted by atomic mass is 10.2. The Kier molecular flexibility index (Phi) is 5.56. The molecule has 124 valence electrons. The zero-order valence-electron chi connectivity index (χ0n) is 12.7. The molecule has 0 aliphatic heterocycles. The molecule has 0 unspecified atom stereocenters. The number of anilines is 1. The topological polar surface area (TPSA) is 93.8 Å². The highest BCUT2D eigenvalue weighted by atomic mass is 19.1. The number of oxime groups is 1. The summed E-state index contributed by atoms with van der Waals surface area (Å²) < 4.78 is 13.4. The van der Waals surface area contributed by atoms with Gasteiger partial charge in [0.1, 0.15) is 5.82 Å². The standard InChI is InChI=1S/C16H14FN3O4/c1-11-6-7-13(8-14(11)17)19-16(21)10-24-18-9-12-4-2-3-5-15(12)20(22)23/h2-9H,10H2,1H3,(H,19,21)/b18-9+. The van der Waals surface area contributed by atoms with Crippen molar-refractivity contribution in [3.8, 4) is 0 Å². The molecular formula is C16H14FN3O4. The van der Waals surface area contributed by atoms with E-state index >= 15 is 0 Å². The summed E-state index contributed by atoms with van der Waals surface area (Å²) in [7, 11) is 0. The maximum atomic E-state index is 13.4. The van der Waals surface area contributed by atoms with Crippen LogP contribution < -0.4 is 5.32 Å². The van der Waals surface area contributed by atoms with Crippen LogP contribution in [0.25, 0.3) is 0 Å². The molecule has 0 radical (unpaired) electrons. The van der Waals surface area contributed by atoms with Gasteiger partial charge in [0.05, 0.1) is 16.7 Å². The molecular weight excluding hydrogens is 317 g/mol. The third-order valence-electron chi connectivity index (χ3n) is 3.05. The van der Waals surface area contributed by atoms with Crippen molar-refractivity contribution in [2.24, 2.45) is 5.16 Å². The van der Waals surface area contributed by atoms with E-state index in [1.165, 1.54) is 24.3 Å². The Morgan fingerprint density at radius 3 is 2.83 bits per heavy atom. The maximum absolute atomic E-state index is 13.4. The first-order valence-corrected chi connectivity index (χ1v) is 6.92. The second kappa shape index (κ2) is 7.82. The van der Waals surface area contributed by atoms with Crippen molar-refractivity contribution in [3.05, 3.63) is 69.5 Å². The number of carbonyl (C=O) groups excluding carboxylic acids is 1. The van der Waals surface area contributed by atoms with Gasteiger partial charge < -0.3 is 10.2 Å². The summed E-state index contributed by atoms with van der Waals surface area (Å²) in [6.07, 6.45) is 1.15.